The summed E-state index contributed by atoms with van der Waals surface area (Å²) in [5, 5.41) is 17.6. The van der Waals surface area contributed by atoms with E-state index in [-0.39, 0.29) is 23.4 Å². The van der Waals surface area contributed by atoms with Crippen molar-refractivity contribution in [3.8, 4) is 12.1 Å². The normalized spacial score (nSPS) is 41.6. The highest BCUT2D eigenvalue weighted by Crippen LogP contribution is 2.39. The van der Waals surface area contributed by atoms with Crippen molar-refractivity contribution >= 4 is 0 Å². The molecule has 0 aromatic heterocycles. The van der Waals surface area contributed by atoms with Gasteiger partial charge in [0.25, 0.3) is 0 Å². The second kappa shape index (κ2) is 30.1. The summed E-state index contributed by atoms with van der Waals surface area (Å²) in [6, 6.07) is 4.80. The quantitative estimate of drug-likeness (QED) is 0.241. The number of halogens is 2. The number of alkyl halides is 2. The Balaban J connectivity index is 0.000000362. The second-order valence-corrected chi connectivity index (χ2v) is 22.9. The van der Waals surface area contributed by atoms with Crippen LogP contribution in [0.1, 0.15) is 225 Å². The summed E-state index contributed by atoms with van der Waals surface area (Å²) in [6.45, 7) is 32.8. The molecule has 0 atom stereocenters. The monoisotopic (exact) mass is 879 g/mol. The van der Waals surface area contributed by atoms with E-state index in [1.54, 1.807) is 13.8 Å². The van der Waals surface area contributed by atoms with Crippen LogP contribution in [0.5, 0.6) is 0 Å². The average Bonchev–Trinajstić information content (AvgIpc) is 3.24. The van der Waals surface area contributed by atoms with Gasteiger partial charge in [-0.1, -0.05) is 81.1 Å². The van der Waals surface area contributed by atoms with E-state index in [0.29, 0.717) is 11.8 Å². The van der Waals surface area contributed by atoms with Gasteiger partial charge in [0.05, 0.1) is 49.4 Å². The fourth-order valence-electron chi connectivity index (χ4n) is 8.57. The molecule has 0 aromatic carbocycles. The predicted molar refractivity (Wildman–Crippen MR) is 255 cm³/mol. The Labute approximate surface area is 383 Å². The number of nitrogens with zero attached hydrogens (tertiary/aromatic N) is 2. The average molecular weight is 879 g/mol. The van der Waals surface area contributed by atoms with Gasteiger partial charge in [-0.25, -0.2) is 8.78 Å². The zero-order chi connectivity index (χ0) is 47.0. The van der Waals surface area contributed by atoms with Crippen LogP contribution in [0.4, 0.5) is 8.78 Å². The molecule has 5 aliphatic carbocycles. The van der Waals surface area contributed by atoms with Gasteiger partial charge in [-0.3, -0.25) is 0 Å². The van der Waals surface area contributed by atoms with Crippen molar-refractivity contribution in [2.75, 3.05) is 26.4 Å². The van der Waals surface area contributed by atoms with Crippen LogP contribution in [0.3, 0.4) is 0 Å². The van der Waals surface area contributed by atoms with Crippen LogP contribution in [0.2, 0.25) is 0 Å². The zero-order valence-electron chi connectivity index (χ0n) is 43.0. The Bertz CT molecular complexity index is 1050. The van der Waals surface area contributed by atoms with E-state index in [1.165, 1.54) is 51.4 Å². The first-order chi connectivity index (χ1) is 28.9. The van der Waals surface area contributed by atoms with Crippen molar-refractivity contribution in [1.82, 2.24) is 0 Å². The Hall–Kier alpha value is -1.32. The van der Waals surface area contributed by atoms with Crippen LogP contribution in [0, 0.1) is 80.8 Å². The summed E-state index contributed by atoms with van der Waals surface area (Å²) in [7, 11) is 0. The summed E-state index contributed by atoms with van der Waals surface area (Å²) in [6.07, 6.45) is 22.7. The Morgan fingerprint density at radius 1 is 0.339 bits per heavy atom. The molecule has 2 saturated heterocycles. The Kier molecular flexibility index (Phi) is 28.5. The van der Waals surface area contributed by atoms with E-state index in [0.717, 1.165) is 139 Å². The van der Waals surface area contributed by atoms with E-state index in [9.17, 15) is 8.78 Å². The topological polar surface area (TPSA) is 84.5 Å². The zero-order valence-corrected chi connectivity index (χ0v) is 43.0. The second-order valence-electron chi connectivity index (χ2n) is 22.9. The molecule has 8 heteroatoms. The summed E-state index contributed by atoms with van der Waals surface area (Å²) >= 11 is 0. The molecule has 2 aliphatic heterocycles. The first kappa shape index (κ1) is 58.7. The molecular formula is C54H100F2N2O4. The molecule has 0 aromatic rings. The van der Waals surface area contributed by atoms with Crippen LogP contribution in [-0.4, -0.2) is 50.3 Å². The summed E-state index contributed by atoms with van der Waals surface area (Å²) in [5.41, 5.74) is -1.67. The molecule has 7 rings (SSSR count). The highest BCUT2D eigenvalue weighted by Gasteiger charge is 2.31. The van der Waals surface area contributed by atoms with Gasteiger partial charge >= 0.3 is 0 Å². The minimum absolute atomic E-state index is 0.00646. The van der Waals surface area contributed by atoms with Gasteiger partial charge in [0, 0.05) is 11.8 Å². The van der Waals surface area contributed by atoms with Gasteiger partial charge < -0.3 is 18.9 Å². The van der Waals surface area contributed by atoms with Gasteiger partial charge in [-0.15, -0.1) is 0 Å². The highest BCUT2D eigenvalue weighted by molar-refractivity contribution is 4.98. The molecule has 62 heavy (non-hydrogen) atoms. The molecule has 0 unspecified atom stereocenters. The molecule has 7 fully saturated rings. The minimum Gasteiger partial charge on any atom is -0.353 e. The third kappa shape index (κ3) is 28.6. The molecule has 364 valence electrons. The number of nitriles is 2. The maximum absolute atomic E-state index is 13.0. The molecule has 0 radical (unpaired) electrons. The molecule has 0 bridgehead atoms. The van der Waals surface area contributed by atoms with Crippen LogP contribution in [0.25, 0.3) is 0 Å². The summed E-state index contributed by atoms with van der Waals surface area (Å²) in [4.78, 5) is 0. The first-order valence-corrected chi connectivity index (χ1v) is 25.6. The smallest absolute Gasteiger partial charge is 0.154 e. The van der Waals surface area contributed by atoms with Crippen LogP contribution in [-0.2, 0) is 18.9 Å². The molecule has 0 spiro atoms. The van der Waals surface area contributed by atoms with Crippen molar-refractivity contribution in [3.05, 3.63) is 0 Å². The van der Waals surface area contributed by atoms with Crippen molar-refractivity contribution < 1.29 is 27.7 Å². The number of hydrogen-bond donors (Lipinski definition) is 0. The number of hydrogen-bond acceptors (Lipinski definition) is 6. The highest BCUT2D eigenvalue weighted by atomic mass is 19.1. The van der Waals surface area contributed by atoms with Gasteiger partial charge in [0.1, 0.15) is 11.3 Å². The van der Waals surface area contributed by atoms with Gasteiger partial charge in [0.2, 0.25) is 0 Å². The molecule has 5 saturated carbocycles. The maximum Gasteiger partial charge on any atom is 0.154 e. The minimum atomic E-state index is -0.841. The lowest BCUT2D eigenvalue weighted by atomic mass is 9.73. The SMILES string of the molecule is CC1CCC(C)(C#N)CC1.CC1CCC(C)(C#N)CC1.CC1CCC(C)(F)CC1.CC1CCC(C)(F)CC1.CC1CCC(C)CC1.CC1COC(C)OC1.CC1COC(C)OC1. The maximum atomic E-state index is 13.0. The van der Waals surface area contributed by atoms with Gasteiger partial charge in [0.15, 0.2) is 12.6 Å². The summed E-state index contributed by atoms with van der Waals surface area (Å²) in [5.74, 6) is 6.40. The molecule has 0 N–H and O–H groups in total. The largest absolute Gasteiger partial charge is 0.353 e. The molecule has 0 amide bonds. The third-order valence-electron chi connectivity index (χ3n) is 14.7. The van der Waals surface area contributed by atoms with Crippen molar-refractivity contribution in [3.63, 3.8) is 0 Å². The molecule has 7 aliphatic rings. The van der Waals surface area contributed by atoms with Crippen molar-refractivity contribution in [2.24, 2.45) is 58.2 Å². The fourth-order valence-corrected chi connectivity index (χ4v) is 8.57. The predicted octanol–water partition coefficient (Wildman–Crippen LogP) is 16.2. The lowest BCUT2D eigenvalue weighted by Crippen LogP contribution is -2.27. The molecular weight excluding hydrogens is 779 g/mol. The lowest BCUT2D eigenvalue weighted by molar-refractivity contribution is -0.187. The fraction of sp³-hybridized carbons (Fsp3) is 0.963. The van der Waals surface area contributed by atoms with Gasteiger partial charge in [-0.2, -0.15) is 10.5 Å². The van der Waals surface area contributed by atoms with Crippen molar-refractivity contribution in [1.29, 1.82) is 10.5 Å². The third-order valence-corrected chi connectivity index (χ3v) is 14.7. The number of rotatable bonds is 0. The lowest BCUT2D eigenvalue weighted by Gasteiger charge is -2.29. The van der Waals surface area contributed by atoms with Crippen molar-refractivity contribution in [2.45, 2.75) is 249 Å². The number of ether oxygens (including phenoxy) is 4. The van der Waals surface area contributed by atoms with E-state index < -0.39 is 11.3 Å². The van der Waals surface area contributed by atoms with Crippen LogP contribution < -0.4 is 0 Å². The molecule has 6 nitrogen and oxygen atoms in total. The Morgan fingerprint density at radius 2 is 0.532 bits per heavy atom. The van der Waals surface area contributed by atoms with Crippen LogP contribution >= 0.6 is 0 Å². The van der Waals surface area contributed by atoms with E-state index >= 15 is 0 Å². The van der Waals surface area contributed by atoms with E-state index in [2.05, 4.69) is 81.4 Å². The van der Waals surface area contributed by atoms with Crippen LogP contribution in [0.15, 0.2) is 0 Å². The molecule has 2 heterocycles. The van der Waals surface area contributed by atoms with E-state index in [1.807, 2.05) is 13.8 Å². The first-order valence-electron chi connectivity index (χ1n) is 25.6. The van der Waals surface area contributed by atoms with Gasteiger partial charge in [-0.05, 0) is 180 Å². The van der Waals surface area contributed by atoms with E-state index in [4.69, 9.17) is 29.5 Å². The summed E-state index contributed by atoms with van der Waals surface area (Å²) < 4.78 is 46.8. The standard InChI is InChI=1S/2C9H15N.2C8H15F.C8H16.2C6H12O2/c2*1-8-3-5-9(2,7-10)6-4-8;2*1-7-3-5-8(2,9)6-4-7;1-7-3-5-8(2)6-4-7;2*1-5-3-7-6(2)8-4-5/h2*8H,3-6H2,1-2H3;2*7H,3-6H2,1-2H3;7-8H,3-6H2,1-2H3;2*5-6H,3-4H2,1-2H3. The Morgan fingerprint density at radius 3 is 0.710 bits per heavy atom.